The van der Waals surface area contributed by atoms with Crippen LogP contribution in [0.2, 0.25) is 0 Å². The summed E-state index contributed by atoms with van der Waals surface area (Å²) in [5.41, 5.74) is -0.498. The van der Waals surface area contributed by atoms with Gasteiger partial charge in [-0.3, -0.25) is 0 Å². The zero-order valence-electron chi connectivity index (χ0n) is 20.0. The second-order valence-electron chi connectivity index (χ2n) is 7.57. The first-order valence-electron chi connectivity index (χ1n) is 10.8. The lowest BCUT2D eigenvalue weighted by Gasteiger charge is -2.24. The van der Waals surface area contributed by atoms with E-state index in [1.165, 1.54) is 4.90 Å². The lowest BCUT2D eigenvalue weighted by molar-refractivity contribution is -0.0199. The lowest BCUT2D eigenvalue weighted by atomic mass is 10.2. The number of methoxy groups -OCH3 is 1. The van der Waals surface area contributed by atoms with E-state index in [1.807, 2.05) is 20.8 Å². The van der Waals surface area contributed by atoms with Crippen LogP contribution in [0.4, 0.5) is 4.79 Å². The first kappa shape index (κ1) is 30.0. The minimum Gasteiger partial charge on any atom is -0.444 e. The van der Waals surface area contributed by atoms with Crippen molar-refractivity contribution < 1.29 is 42.7 Å². The molecule has 0 rings (SSSR count). The maximum absolute atomic E-state index is 11.8. The van der Waals surface area contributed by atoms with Crippen LogP contribution in [0.25, 0.3) is 0 Å². The van der Waals surface area contributed by atoms with Crippen LogP contribution in [0.5, 0.6) is 0 Å². The van der Waals surface area contributed by atoms with Crippen LogP contribution in [0, 0.1) is 0 Å². The number of carbonyl (C=O) groups is 1. The smallest absolute Gasteiger partial charge is 0.410 e. The van der Waals surface area contributed by atoms with Crippen molar-refractivity contribution in [2.75, 3.05) is 107 Å². The Morgan fingerprint density at radius 3 is 1.26 bits per heavy atom. The second kappa shape index (κ2) is 20.9. The molecule has 0 bridgehead atoms. The Balaban J connectivity index is 3.21. The summed E-state index contributed by atoms with van der Waals surface area (Å²) in [6.45, 7) is 12.7. The van der Waals surface area contributed by atoms with Gasteiger partial charge in [0.1, 0.15) is 5.60 Å². The number of amides is 1. The van der Waals surface area contributed by atoms with Crippen LogP contribution in [-0.2, 0) is 37.9 Å². The van der Waals surface area contributed by atoms with E-state index in [0.717, 1.165) is 0 Å². The van der Waals surface area contributed by atoms with E-state index in [0.29, 0.717) is 92.4 Å². The molecule has 10 nitrogen and oxygen atoms in total. The summed E-state index contributed by atoms with van der Waals surface area (Å²) in [6.07, 6.45) is -0.357. The van der Waals surface area contributed by atoms with Crippen molar-refractivity contribution in [1.82, 2.24) is 4.90 Å². The summed E-state index contributed by atoms with van der Waals surface area (Å²) in [7, 11) is 3.32. The van der Waals surface area contributed by atoms with Gasteiger partial charge in [-0.15, -0.1) is 0 Å². The standard InChI is InChI=1S/C21H43NO9/c1-21(2,3)31-20(23)22(4)6-7-25-10-11-27-14-15-29-18-19-30-17-16-28-13-12-26-9-8-24-5/h6-19H2,1-5H3. The molecule has 0 aliphatic rings. The molecule has 0 aliphatic carbocycles. The van der Waals surface area contributed by atoms with Crippen molar-refractivity contribution in [3.63, 3.8) is 0 Å². The second-order valence-corrected chi connectivity index (χ2v) is 7.57. The third-order valence-electron chi connectivity index (χ3n) is 3.57. The Labute approximate surface area is 187 Å². The van der Waals surface area contributed by atoms with E-state index in [9.17, 15) is 4.79 Å². The molecule has 0 unspecified atom stereocenters. The van der Waals surface area contributed by atoms with Gasteiger partial charge >= 0.3 is 6.09 Å². The van der Waals surface area contributed by atoms with Gasteiger partial charge in [-0.2, -0.15) is 0 Å². The molecule has 0 spiro atoms. The van der Waals surface area contributed by atoms with Crippen LogP contribution in [0.15, 0.2) is 0 Å². The van der Waals surface area contributed by atoms with Crippen LogP contribution >= 0.6 is 0 Å². The third-order valence-corrected chi connectivity index (χ3v) is 3.57. The topological polar surface area (TPSA) is 94.2 Å². The largest absolute Gasteiger partial charge is 0.444 e. The minimum atomic E-state index is -0.498. The Hall–Kier alpha value is -1.01. The van der Waals surface area contributed by atoms with E-state index in [4.69, 9.17) is 37.9 Å². The molecular weight excluding hydrogens is 410 g/mol. The van der Waals surface area contributed by atoms with Crippen molar-refractivity contribution in [1.29, 1.82) is 0 Å². The highest BCUT2D eigenvalue weighted by atomic mass is 16.6. The molecular formula is C21H43NO9. The summed E-state index contributed by atoms with van der Waals surface area (Å²) in [5.74, 6) is 0. The van der Waals surface area contributed by atoms with Gasteiger partial charge in [-0.25, -0.2) is 4.79 Å². The van der Waals surface area contributed by atoms with Crippen molar-refractivity contribution in [3.05, 3.63) is 0 Å². The molecule has 0 atom stereocenters. The molecule has 0 heterocycles. The Morgan fingerprint density at radius 2 is 0.935 bits per heavy atom. The van der Waals surface area contributed by atoms with E-state index < -0.39 is 5.60 Å². The van der Waals surface area contributed by atoms with Crippen molar-refractivity contribution >= 4 is 6.09 Å². The minimum absolute atomic E-state index is 0.357. The summed E-state index contributed by atoms with van der Waals surface area (Å²) < 4.78 is 42.5. The summed E-state index contributed by atoms with van der Waals surface area (Å²) in [6, 6.07) is 0. The van der Waals surface area contributed by atoms with Crippen LogP contribution in [0.1, 0.15) is 20.8 Å². The van der Waals surface area contributed by atoms with Gasteiger partial charge in [0.05, 0.1) is 85.9 Å². The third kappa shape index (κ3) is 23.5. The summed E-state index contributed by atoms with van der Waals surface area (Å²) in [5, 5.41) is 0. The normalized spacial score (nSPS) is 11.6. The van der Waals surface area contributed by atoms with Crippen LogP contribution in [-0.4, -0.2) is 123 Å². The average Bonchev–Trinajstić information content (AvgIpc) is 2.71. The predicted molar refractivity (Wildman–Crippen MR) is 116 cm³/mol. The number of nitrogens with zero attached hydrogens (tertiary/aromatic N) is 1. The SMILES string of the molecule is COCCOCCOCCOCCOCCOCCOCCN(C)C(=O)OC(C)(C)C. The first-order valence-corrected chi connectivity index (χ1v) is 10.8. The average molecular weight is 454 g/mol. The quantitative estimate of drug-likeness (QED) is 0.240. The number of carbonyl (C=O) groups excluding carboxylic acids is 1. The van der Waals surface area contributed by atoms with Gasteiger partial charge in [0.2, 0.25) is 0 Å². The first-order chi connectivity index (χ1) is 14.9. The Bertz CT molecular complexity index is 405. The monoisotopic (exact) mass is 453 g/mol. The molecule has 0 N–H and O–H groups in total. The highest BCUT2D eigenvalue weighted by Gasteiger charge is 2.19. The fraction of sp³-hybridized carbons (Fsp3) is 0.952. The molecule has 0 aromatic rings. The van der Waals surface area contributed by atoms with Crippen LogP contribution < -0.4 is 0 Å². The van der Waals surface area contributed by atoms with Crippen LogP contribution in [0.3, 0.4) is 0 Å². The molecule has 0 saturated carbocycles. The molecule has 1 amide bonds. The molecule has 0 fully saturated rings. The number of likely N-dealkylation sites (N-methyl/N-ethyl adjacent to an activating group) is 1. The molecule has 0 saturated heterocycles. The van der Waals surface area contributed by atoms with Gasteiger partial charge in [0.25, 0.3) is 0 Å². The van der Waals surface area contributed by atoms with Gasteiger partial charge in [-0.1, -0.05) is 0 Å². The van der Waals surface area contributed by atoms with Gasteiger partial charge < -0.3 is 42.8 Å². The highest BCUT2D eigenvalue weighted by Crippen LogP contribution is 2.08. The molecule has 10 heteroatoms. The van der Waals surface area contributed by atoms with E-state index in [-0.39, 0.29) is 6.09 Å². The van der Waals surface area contributed by atoms with Gasteiger partial charge in [-0.05, 0) is 20.8 Å². The molecule has 186 valence electrons. The zero-order chi connectivity index (χ0) is 23.2. The fourth-order valence-electron chi connectivity index (χ4n) is 1.98. The maximum atomic E-state index is 11.8. The zero-order valence-corrected chi connectivity index (χ0v) is 20.0. The number of hydrogen-bond donors (Lipinski definition) is 0. The van der Waals surface area contributed by atoms with E-state index >= 15 is 0 Å². The Morgan fingerprint density at radius 1 is 0.613 bits per heavy atom. The highest BCUT2D eigenvalue weighted by molar-refractivity contribution is 5.67. The lowest BCUT2D eigenvalue weighted by Crippen LogP contribution is -2.36. The molecule has 0 aliphatic heterocycles. The van der Waals surface area contributed by atoms with Crippen molar-refractivity contribution in [2.24, 2.45) is 0 Å². The predicted octanol–water partition coefficient (Wildman–Crippen LogP) is 1.60. The number of hydrogen-bond acceptors (Lipinski definition) is 9. The van der Waals surface area contributed by atoms with E-state index in [2.05, 4.69) is 0 Å². The van der Waals surface area contributed by atoms with Gasteiger partial charge in [0, 0.05) is 20.7 Å². The fourth-order valence-corrected chi connectivity index (χ4v) is 1.98. The Kier molecular flexibility index (Phi) is 20.2. The maximum Gasteiger partial charge on any atom is 0.410 e. The molecule has 0 radical (unpaired) electrons. The molecule has 0 aromatic carbocycles. The van der Waals surface area contributed by atoms with Gasteiger partial charge in [0.15, 0.2) is 0 Å². The van der Waals surface area contributed by atoms with Crippen molar-refractivity contribution in [3.8, 4) is 0 Å². The summed E-state index contributed by atoms with van der Waals surface area (Å²) >= 11 is 0. The summed E-state index contributed by atoms with van der Waals surface area (Å²) in [4.78, 5) is 13.3. The molecule has 0 aromatic heterocycles. The number of rotatable bonds is 21. The molecule has 31 heavy (non-hydrogen) atoms. The van der Waals surface area contributed by atoms with Crippen molar-refractivity contribution in [2.45, 2.75) is 26.4 Å². The number of ether oxygens (including phenoxy) is 8. The van der Waals surface area contributed by atoms with E-state index in [1.54, 1.807) is 14.2 Å².